The van der Waals surface area contributed by atoms with Crippen LogP contribution in [0.1, 0.15) is 5.56 Å². The smallest absolute Gasteiger partial charge is 0.324 e. The summed E-state index contributed by atoms with van der Waals surface area (Å²) >= 11 is 5.98. The number of benzene rings is 3. The Labute approximate surface area is 163 Å². The van der Waals surface area contributed by atoms with Crippen molar-refractivity contribution in [1.29, 1.82) is 0 Å². The molecule has 3 nitrogen and oxygen atoms in total. The van der Waals surface area contributed by atoms with Gasteiger partial charge in [-0.2, -0.15) is 13.2 Å². The third kappa shape index (κ3) is 3.77. The predicted molar refractivity (Wildman–Crippen MR) is 105 cm³/mol. The molecule has 1 N–H and O–H groups in total. The SMILES string of the molecule is FC(F)(F)c1ccc(Nc2nc(-c3ccc(Cl)cc3)c3ccccc3n2)cc1. The van der Waals surface area contributed by atoms with Crippen molar-refractivity contribution < 1.29 is 13.2 Å². The summed E-state index contributed by atoms with van der Waals surface area (Å²) < 4.78 is 38.2. The van der Waals surface area contributed by atoms with Crippen LogP contribution in [-0.4, -0.2) is 9.97 Å². The second-order valence-corrected chi connectivity index (χ2v) is 6.56. The molecule has 0 unspecified atom stereocenters. The molecule has 0 atom stereocenters. The van der Waals surface area contributed by atoms with Gasteiger partial charge in [0.25, 0.3) is 0 Å². The van der Waals surface area contributed by atoms with E-state index >= 15 is 0 Å². The lowest BCUT2D eigenvalue weighted by Crippen LogP contribution is -2.05. The normalized spacial score (nSPS) is 11.6. The zero-order valence-corrected chi connectivity index (χ0v) is 15.1. The zero-order valence-electron chi connectivity index (χ0n) is 14.3. The molecule has 7 heteroatoms. The summed E-state index contributed by atoms with van der Waals surface area (Å²) in [4.78, 5) is 9.05. The molecule has 1 aromatic heterocycles. The van der Waals surface area contributed by atoms with Crippen LogP contribution >= 0.6 is 11.6 Å². The zero-order chi connectivity index (χ0) is 19.7. The van der Waals surface area contributed by atoms with Crippen molar-refractivity contribution in [2.24, 2.45) is 0 Å². The van der Waals surface area contributed by atoms with E-state index in [4.69, 9.17) is 11.6 Å². The Morgan fingerprint density at radius 2 is 1.46 bits per heavy atom. The molecule has 0 fully saturated rings. The van der Waals surface area contributed by atoms with Gasteiger partial charge in [0.2, 0.25) is 5.95 Å². The largest absolute Gasteiger partial charge is 0.416 e. The second-order valence-electron chi connectivity index (χ2n) is 6.12. The van der Waals surface area contributed by atoms with Crippen LogP contribution in [0.25, 0.3) is 22.2 Å². The van der Waals surface area contributed by atoms with Gasteiger partial charge in [0.05, 0.1) is 16.8 Å². The van der Waals surface area contributed by atoms with Gasteiger partial charge < -0.3 is 5.32 Å². The summed E-state index contributed by atoms with van der Waals surface area (Å²) in [6.07, 6.45) is -4.38. The maximum atomic E-state index is 12.7. The number of aromatic nitrogens is 2. The maximum Gasteiger partial charge on any atom is 0.416 e. The van der Waals surface area contributed by atoms with E-state index in [1.807, 2.05) is 36.4 Å². The van der Waals surface area contributed by atoms with Crippen LogP contribution < -0.4 is 5.32 Å². The molecule has 0 aliphatic rings. The van der Waals surface area contributed by atoms with Crippen LogP contribution in [0.2, 0.25) is 5.02 Å². The number of hydrogen-bond acceptors (Lipinski definition) is 3. The molecule has 1 heterocycles. The van der Waals surface area contributed by atoms with Crippen LogP contribution in [0.3, 0.4) is 0 Å². The quantitative estimate of drug-likeness (QED) is 0.416. The number of halogens is 4. The van der Waals surface area contributed by atoms with Crippen molar-refractivity contribution in [3.63, 3.8) is 0 Å². The minimum Gasteiger partial charge on any atom is -0.324 e. The fourth-order valence-corrected chi connectivity index (χ4v) is 2.96. The van der Waals surface area contributed by atoms with Gasteiger partial charge in [-0.3, -0.25) is 0 Å². The minimum absolute atomic E-state index is 0.295. The molecule has 0 radical (unpaired) electrons. The van der Waals surface area contributed by atoms with E-state index in [0.29, 0.717) is 22.4 Å². The molecule has 0 spiro atoms. The van der Waals surface area contributed by atoms with Crippen molar-refractivity contribution in [3.05, 3.63) is 83.4 Å². The number of para-hydroxylation sites is 1. The number of alkyl halides is 3. The average Bonchev–Trinajstić information content (AvgIpc) is 2.68. The molecule has 0 bridgehead atoms. The van der Waals surface area contributed by atoms with Crippen molar-refractivity contribution in [1.82, 2.24) is 9.97 Å². The predicted octanol–water partition coefficient (Wildman–Crippen LogP) is 6.71. The highest BCUT2D eigenvalue weighted by Gasteiger charge is 2.29. The fraction of sp³-hybridized carbons (Fsp3) is 0.0476. The molecule has 0 saturated heterocycles. The van der Waals surface area contributed by atoms with Gasteiger partial charge >= 0.3 is 6.18 Å². The Hall–Kier alpha value is -3.12. The molecule has 0 saturated carbocycles. The number of rotatable bonds is 3. The van der Waals surface area contributed by atoms with Gasteiger partial charge in [0.1, 0.15) is 0 Å². The topological polar surface area (TPSA) is 37.8 Å². The molecule has 3 aromatic carbocycles. The summed E-state index contributed by atoms with van der Waals surface area (Å²) in [5.74, 6) is 0.295. The first-order chi connectivity index (χ1) is 13.4. The molecule has 4 rings (SSSR count). The minimum atomic E-state index is -4.38. The van der Waals surface area contributed by atoms with E-state index in [0.717, 1.165) is 28.6 Å². The van der Waals surface area contributed by atoms with Crippen LogP contribution in [0.4, 0.5) is 24.8 Å². The molecular formula is C21H13ClF3N3. The number of nitrogens with zero attached hydrogens (tertiary/aromatic N) is 2. The van der Waals surface area contributed by atoms with Crippen molar-refractivity contribution in [3.8, 4) is 11.3 Å². The number of hydrogen-bond donors (Lipinski definition) is 1. The standard InChI is InChI=1S/C21H13ClF3N3/c22-15-9-5-13(6-10-15)19-17-3-1-2-4-18(17)27-20(28-19)26-16-11-7-14(8-12-16)21(23,24)25/h1-12H,(H,26,27,28). The maximum absolute atomic E-state index is 12.7. The Kier molecular flexibility index (Phi) is 4.65. The van der Waals surface area contributed by atoms with Crippen LogP contribution in [-0.2, 0) is 6.18 Å². The molecular weight excluding hydrogens is 387 g/mol. The Bertz CT molecular complexity index is 1120. The lowest BCUT2D eigenvalue weighted by atomic mass is 10.1. The van der Waals surface area contributed by atoms with E-state index in [-0.39, 0.29) is 0 Å². The Morgan fingerprint density at radius 3 is 2.14 bits per heavy atom. The molecule has 4 aromatic rings. The van der Waals surface area contributed by atoms with Gasteiger partial charge in [-0.25, -0.2) is 9.97 Å². The van der Waals surface area contributed by atoms with Gasteiger partial charge in [-0.15, -0.1) is 0 Å². The number of fused-ring (bicyclic) bond motifs is 1. The lowest BCUT2D eigenvalue weighted by Gasteiger charge is -2.11. The summed E-state index contributed by atoms with van der Waals surface area (Å²) in [5.41, 5.74) is 2.04. The summed E-state index contributed by atoms with van der Waals surface area (Å²) in [6, 6.07) is 19.5. The highest BCUT2D eigenvalue weighted by atomic mass is 35.5. The Balaban J connectivity index is 1.75. The van der Waals surface area contributed by atoms with E-state index in [1.165, 1.54) is 12.1 Å². The van der Waals surface area contributed by atoms with Crippen LogP contribution in [0.15, 0.2) is 72.8 Å². The van der Waals surface area contributed by atoms with Gasteiger partial charge in [0.15, 0.2) is 0 Å². The first kappa shape index (κ1) is 18.3. The van der Waals surface area contributed by atoms with E-state index in [1.54, 1.807) is 12.1 Å². The molecule has 28 heavy (non-hydrogen) atoms. The third-order valence-electron chi connectivity index (χ3n) is 4.19. The van der Waals surface area contributed by atoms with Crippen molar-refractivity contribution in [2.45, 2.75) is 6.18 Å². The third-order valence-corrected chi connectivity index (χ3v) is 4.44. The summed E-state index contributed by atoms with van der Waals surface area (Å²) in [7, 11) is 0. The van der Waals surface area contributed by atoms with Gasteiger partial charge in [-0.1, -0.05) is 41.9 Å². The van der Waals surface area contributed by atoms with E-state index in [2.05, 4.69) is 15.3 Å². The average molecular weight is 400 g/mol. The Morgan fingerprint density at radius 1 is 0.786 bits per heavy atom. The van der Waals surface area contributed by atoms with E-state index in [9.17, 15) is 13.2 Å². The van der Waals surface area contributed by atoms with Crippen molar-refractivity contribution >= 4 is 34.1 Å². The first-order valence-corrected chi connectivity index (χ1v) is 8.75. The lowest BCUT2D eigenvalue weighted by molar-refractivity contribution is -0.137. The number of nitrogens with one attached hydrogen (secondary N) is 1. The molecule has 0 aliphatic heterocycles. The van der Waals surface area contributed by atoms with Crippen LogP contribution in [0, 0.1) is 0 Å². The van der Waals surface area contributed by atoms with Crippen LogP contribution in [0.5, 0.6) is 0 Å². The summed E-state index contributed by atoms with van der Waals surface area (Å²) in [6.45, 7) is 0. The second kappa shape index (κ2) is 7.13. The first-order valence-electron chi connectivity index (χ1n) is 8.37. The fourth-order valence-electron chi connectivity index (χ4n) is 2.83. The highest BCUT2D eigenvalue weighted by Crippen LogP contribution is 2.31. The van der Waals surface area contributed by atoms with Crippen molar-refractivity contribution in [2.75, 3.05) is 5.32 Å². The van der Waals surface area contributed by atoms with Gasteiger partial charge in [-0.05, 0) is 42.5 Å². The molecule has 0 aliphatic carbocycles. The molecule has 0 amide bonds. The summed E-state index contributed by atoms with van der Waals surface area (Å²) in [5, 5.41) is 4.46. The highest BCUT2D eigenvalue weighted by molar-refractivity contribution is 6.30. The molecule has 140 valence electrons. The van der Waals surface area contributed by atoms with E-state index < -0.39 is 11.7 Å². The number of anilines is 2. The monoisotopic (exact) mass is 399 g/mol. The van der Waals surface area contributed by atoms with Gasteiger partial charge in [0, 0.05) is 21.7 Å².